The highest BCUT2D eigenvalue weighted by Gasteiger charge is 2.43. The van der Waals surface area contributed by atoms with Gasteiger partial charge in [0.05, 0.1) is 17.7 Å². The van der Waals surface area contributed by atoms with Crippen molar-refractivity contribution < 1.29 is 19.4 Å². The van der Waals surface area contributed by atoms with E-state index < -0.39 is 11.4 Å². The van der Waals surface area contributed by atoms with Gasteiger partial charge in [0.2, 0.25) is 5.91 Å². The van der Waals surface area contributed by atoms with Crippen LogP contribution in [0.1, 0.15) is 62.1 Å². The number of fused-ring (bicyclic) bond motifs is 3. The number of likely N-dealkylation sites (N-methyl/N-ethyl adjacent to an activating group) is 1. The van der Waals surface area contributed by atoms with Gasteiger partial charge in [0.15, 0.2) is 0 Å². The minimum Gasteiger partial charge on any atom is -0.490 e. The van der Waals surface area contributed by atoms with Crippen LogP contribution >= 0.6 is 11.6 Å². The highest BCUT2D eigenvalue weighted by molar-refractivity contribution is 6.30. The van der Waals surface area contributed by atoms with Crippen molar-refractivity contribution in [2.45, 2.75) is 62.7 Å². The van der Waals surface area contributed by atoms with Gasteiger partial charge < -0.3 is 19.6 Å². The molecule has 2 aromatic carbocycles. The molecule has 1 amide bonds. The van der Waals surface area contributed by atoms with Gasteiger partial charge >= 0.3 is 5.97 Å². The first-order valence-corrected chi connectivity index (χ1v) is 14.0. The Balaban J connectivity index is 1.59. The molecule has 0 fully saturated rings. The van der Waals surface area contributed by atoms with Crippen LogP contribution in [0, 0.1) is 0 Å². The first kappa shape index (κ1) is 26.6. The maximum Gasteiger partial charge on any atom is 0.314 e. The molecule has 0 radical (unpaired) electrons. The number of aryl methyl sites for hydroxylation is 1. The molecular formula is C31H37ClN2O4. The van der Waals surface area contributed by atoms with Crippen molar-refractivity contribution >= 4 is 29.2 Å². The number of anilines is 1. The fraction of sp³-hybridized carbons (Fsp3) is 0.484. The first-order valence-electron chi connectivity index (χ1n) is 13.7. The van der Waals surface area contributed by atoms with Gasteiger partial charge in [0, 0.05) is 43.5 Å². The number of amides is 1. The van der Waals surface area contributed by atoms with Gasteiger partial charge in [-0.3, -0.25) is 9.59 Å². The van der Waals surface area contributed by atoms with Crippen LogP contribution in [0.4, 0.5) is 5.69 Å². The van der Waals surface area contributed by atoms with E-state index in [1.165, 1.54) is 11.1 Å². The summed E-state index contributed by atoms with van der Waals surface area (Å²) >= 11 is 6.36. The Morgan fingerprint density at radius 1 is 1.11 bits per heavy atom. The number of allylic oxidation sites excluding steroid dienone is 1. The lowest BCUT2D eigenvalue weighted by atomic mass is 9.70. The lowest BCUT2D eigenvalue weighted by Crippen LogP contribution is -2.46. The fourth-order valence-electron chi connectivity index (χ4n) is 6.25. The van der Waals surface area contributed by atoms with Crippen LogP contribution in [0.2, 0.25) is 5.02 Å². The number of nitrogens with zero attached hydrogens (tertiary/aromatic N) is 2. The van der Waals surface area contributed by atoms with Gasteiger partial charge in [0.1, 0.15) is 5.75 Å². The van der Waals surface area contributed by atoms with Crippen molar-refractivity contribution in [1.82, 2.24) is 4.90 Å². The maximum atomic E-state index is 13.0. The second kappa shape index (κ2) is 10.6. The second-order valence-electron chi connectivity index (χ2n) is 11.4. The van der Waals surface area contributed by atoms with Gasteiger partial charge in [-0.05, 0) is 86.4 Å². The summed E-state index contributed by atoms with van der Waals surface area (Å²) < 4.78 is 6.54. The number of ether oxygens (including phenoxy) is 1. The smallest absolute Gasteiger partial charge is 0.314 e. The second-order valence-corrected chi connectivity index (χ2v) is 11.8. The van der Waals surface area contributed by atoms with Crippen LogP contribution in [0.3, 0.4) is 0 Å². The summed E-state index contributed by atoms with van der Waals surface area (Å²) in [5.74, 6) is -0.421. The number of rotatable bonds is 1. The lowest BCUT2D eigenvalue weighted by Gasteiger charge is -2.41. The molecule has 2 heterocycles. The van der Waals surface area contributed by atoms with E-state index in [0.717, 1.165) is 68.1 Å². The SMILES string of the molecule is CN1C/C=C\CCCCN2C[C@@]3(CCCc4cc(Cl)ccc43)COc3ccc(cc32)[C@](C)(C(=O)O)CC1=O. The number of carbonyl (C=O) groups is 2. The van der Waals surface area contributed by atoms with Crippen molar-refractivity contribution in [3.63, 3.8) is 0 Å². The van der Waals surface area contributed by atoms with Crippen LogP contribution in [-0.2, 0) is 26.8 Å². The van der Waals surface area contributed by atoms with Crippen LogP contribution in [0.5, 0.6) is 5.75 Å². The monoisotopic (exact) mass is 536 g/mol. The summed E-state index contributed by atoms with van der Waals surface area (Å²) in [5, 5.41) is 11.1. The molecule has 0 saturated carbocycles. The zero-order valence-electron chi connectivity index (χ0n) is 22.3. The average molecular weight is 537 g/mol. The molecule has 0 unspecified atom stereocenters. The van der Waals surface area contributed by atoms with E-state index in [4.69, 9.17) is 16.3 Å². The molecule has 3 aliphatic rings. The molecule has 0 aromatic heterocycles. The topological polar surface area (TPSA) is 70.1 Å². The van der Waals surface area contributed by atoms with E-state index in [9.17, 15) is 14.7 Å². The molecule has 2 atom stereocenters. The quantitative estimate of drug-likeness (QED) is 0.470. The number of carbonyl (C=O) groups excluding carboxylic acids is 1. The number of aliphatic carboxylic acids is 1. The van der Waals surface area contributed by atoms with Crippen LogP contribution in [0.25, 0.3) is 0 Å². The minimum absolute atomic E-state index is 0.107. The van der Waals surface area contributed by atoms with Crippen molar-refractivity contribution in [2.24, 2.45) is 0 Å². The van der Waals surface area contributed by atoms with Gasteiger partial charge in [-0.15, -0.1) is 0 Å². The predicted octanol–water partition coefficient (Wildman–Crippen LogP) is 5.74. The molecule has 2 aliphatic heterocycles. The Bertz CT molecular complexity index is 1260. The van der Waals surface area contributed by atoms with Gasteiger partial charge in [0.25, 0.3) is 0 Å². The summed E-state index contributed by atoms with van der Waals surface area (Å²) in [5.41, 5.74) is 2.62. The Morgan fingerprint density at radius 3 is 2.76 bits per heavy atom. The number of benzene rings is 2. The van der Waals surface area contributed by atoms with E-state index in [-0.39, 0.29) is 17.7 Å². The summed E-state index contributed by atoms with van der Waals surface area (Å²) in [6.07, 6.45) is 10.1. The molecule has 1 spiro atoms. The zero-order chi connectivity index (χ0) is 26.9. The van der Waals surface area contributed by atoms with E-state index in [1.807, 2.05) is 30.3 Å². The summed E-state index contributed by atoms with van der Waals surface area (Å²) in [6.45, 7) is 4.33. The molecule has 2 bridgehead atoms. The fourth-order valence-corrected chi connectivity index (χ4v) is 6.44. The van der Waals surface area contributed by atoms with Crippen molar-refractivity contribution in [3.8, 4) is 5.75 Å². The molecular weight excluding hydrogens is 500 g/mol. The number of hydrogen-bond acceptors (Lipinski definition) is 4. The van der Waals surface area contributed by atoms with E-state index in [1.54, 1.807) is 18.9 Å². The number of halogens is 1. The first-order chi connectivity index (χ1) is 18.2. The van der Waals surface area contributed by atoms with Crippen molar-refractivity contribution in [1.29, 1.82) is 0 Å². The van der Waals surface area contributed by atoms with Crippen LogP contribution in [0.15, 0.2) is 48.6 Å². The molecule has 1 N–H and O–H groups in total. The lowest BCUT2D eigenvalue weighted by molar-refractivity contribution is -0.147. The van der Waals surface area contributed by atoms with Crippen LogP contribution < -0.4 is 9.64 Å². The Labute approximate surface area is 230 Å². The number of carboxylic acid groups (broad SMARTS) is 1. The molecule has 38 heavy (non-hydrogen) atoms. The molecule has 0 saturated heterocycles. The van der Waals surface area contributed by atoms with Crippen molar-refractivity contribution in [3.05, 3.63) is 70.3 Å². The predicted molar refractivity (Wildman–Crippen MR) is 150 cm³/mol. The molecule has 202 valence electrons. The molecule has 7 heteroatoms. The molecule has 5 rings (SSSR count). The third-order valence-corrected chi connectivity index (χ3v) is 8.91. The zero-order valence-corrected chi connectivity index (χ0v) is 23.1. The normalized spacial score (nSPS) is 27.0. The molecule has 1 aliphatic carbocycles. The van der Waals surface area contributed by atoms with E-state index in [0.29, 0.717) is 18.7 Å². The minimum atomic E-state index is -1.35. The highest BCUT2D eigenvalue weighted by atomic mass is 35.5. The third kappa shape index (κ3) is 5.03. The average Bonchev–Trinajstić information content (AvgIpc) is 3.04. The molecule has 2 aromatic rings. The number of hydrogen-bond donors (Lipinski definition) is 1. The molecule has 6 nitrogen and oxygen atoms in total. The van der Waals surface area contributed by atoms with Gasteiger partial charge in [-0.1, -0.05) is 35.9 Å². The van der Waals surface area contributed by atoms with E-state index >= 15 is 0 Å². The Kier molecular flexibility index (Phi) is 7.45. The Morgan fingerprint density at radius 2 is 1.95 bits per heavy atom. The van der Waals surface area contributed by atoms with Crippen molar-refractivity contribution in [2.75, 3.05) is 38.2 Å². The van der Waals surface area contributed by atoms with E-state index in [2.05, 4.69) is 23.1 Å². The number of carboxylic acids is 1. The summed E-state index contributed by atoms with van der Waals surface area (Å²) in [7, 11) is 1.73. The van der Waals surface area contributed by atoms with Gasteiger partial charge in [-0.2, -0.15) is 0 Å². The largest absolute Gasteiger partial charge is 0.490 e. The van der Waals surface area contributed by atoms with Gasteiger partial charge in [-0.25, -0.2) is 0 Å². The van der Waals surface area contributed by atoms with Crippen LogP contribution in [-0.4, -0.2) is 55.2 Å². The Hall–Kier alpha value is -2.99. The third-order valence-electron chi connectivity index (χ3n) is 8.67. The standard InChI is InChI=1S/C31H37ClN2O4/c1-30(29(36)37)19-28(35)33(2)15-6-4-3-5-7-16-34-20-31(21-38-27-13-10-23(30)18-26(27)34)14-8-9-22-17-24(32)11-12-25(22)31/h4,6,10-13,17-18H,3,5,7-9,14-16,19-21H2,1-2H3,(H,36,37)/b6-4-/t30-,31+/m1/s1. The highest BCUT2D eigenvalue weighted by Crippen LogP contribution is 2.45. The summed E-state index contributed by atoms with van der Waals surface area (Å²) in [6, 6.07) is 11.9. The maximum absolute atomic E-state index is 13.0. The summed E-state index contributed by atoms with van der Waals surface area (Å²) in [4.78, 5) is 29.7.